The van der Waals surface area contributed by atoms with Gasteiger partial charge in [0.05, 0.1) is 23.6 Å². The number of anilines is 1. The van der Waals surface area contributed by atoms with Gasteiger partial charge in [-0.15, -0.1) is 0 Å². The van der Waals surface area contributed by atoms with E-state index in [9.17, 15) is 0 Å². The molecule has 2 N–H and O–H groups in total. The van der Waals surface area contributed by atoms with Crippen LogP contribution in [-0.2, 0) is 0 Å². The van der Waals surface area contributed by atoms with Crippen LogP contribution in [-0.4, -0.2) is 35.7 Å². The fraction of sp³-hybridized carbons (Fsp3) is 0.333. The predicted molar refractivity (Wildman–Crippen MR) is 75.9 cm³/mol. The summed E-state index contributed by atoms with van der Waals surface area (Å²) in [5.41, 5.74) is 1.02. The molecule has 1 aliphatic heterocycles. The molecular weight excluding hydrogens is 246 g/mol. The highest BCUT2D eigenvalue weighted by molar-refractivity contribution is 7.22. The Morgan fingerprint density at radius 2 is 2.33 bits per heavy atom. The minimum atomic E-state index is 0.733. The second kappa shape index (κ2) is 4.91. The van der Waals surface area contributed by atoms with E-state index in [1.807, 2.05) is 18.2 Å². The maximum absolute atomic E-state index is 4.52. The fourth-order valence-electron chi connectivity index (χ4n) is 1.79. The minimum Gasteiger partial charge on any atom is -0.343 e. The molecule has 18 heavy (non-hydrogen) atoms. The van der Waals surface area contributed by atoms with E-state index in [1.54, 1.807) is 11.3 Å². The Morgan fingerprint density at radius 3 is 3.06 bits per heavy atom. The summed E-state index contributed by atoms with van der Waals surface area (Å²) in [6.45, 7) is 4.69. The van der Waals surface area contributed by atoms with Gasteiger partial charge >= 0.3 is 0 Å². The number of guanidine groups is 1. The number of aromatic nitrogens is 1. The summed E-state index contributed by atoms with van der Waals surface area (Å²) in [7, 11) is 0. The summed E-state index contributed by atoms with van der Waals surface area (Å²) in [5.74, 6) is 0.804. The number of aliphatic imine (C=N–C) groups is 1. The van der Waals surface area contributed by atoms with Gasteiger partial charge in [0.15, 0.2) is 11.1 Å². The normalized spacial score (nSPS) is 16.4. The highest BCUT2D eigenvalue weighted by atomic mass is 32.1. The molecule has 0 atom stereocenters. The molecule has 2 heterocycles. The van der Waals surface area contributed by atoms with E-state index in [1.165, 1.54) is 4.70 Å². The molecule has 0 bridgehead atoms. The largest absolute Gasteiger partial charge is 0.343 e. The Morgan fingerprint density at radius 1 is 1.44 bits per heavy atom. The third kappa shape index (κ3) is 2.30. The zero-order valence-corrected chi connectivity index (χ0v) is 11.0. The number of para-hydroxylation sites is 1. The van der Waals surface area contributed by atoms with Crippen LogP contribution in [0, 0.1) is 0 Å². The topological polar surface area (TPSA) is 52.5 Å². The molecule has 0 unspecified atom stereocenters. The third-order valence-electron chi connectivity index (χ3n) is 2.87. The Hall–Kier alpha value is -1.66. The molecule has 0 amide bonds. The highest BCUT2D eigenvalue weighted by Crippen LogP contribution is 2.25. The van der Waals surface area contributed by atoms with Crippen LogP contribution < -0.4 is 10.6 Å². The van der Waals surface area contributed by atoms with E-state index in [-0.39, 0.29) is 0 Å². The Kier molecular flexibility index (Phi) is 3.12. The molecule has 0 saturated carbocycles. The first-order valence-corrected chi connectivity index (χ1v) is 6.80. The van der Waals surface area contributed by atoms with E-state index in [0.29, 0.717) is 0 Å². The van der Waals surface area contributed by atoms with Gasteiger partial charge < -0.3 is 10.6 Å². The van der Waals surface area contributed by atoms with Crippen LogP contribution in [0.5, 0.6) is 0 Å². The first-order valence-electron chi connectivity index (χ1n) is 5.98. The van der Waals surface area contributed by atoms with Crippen LogP contribution in [0.4, 0.5) is 5.13 Å². The molecule has 0 aliphatic carbocycles. The second-order valence-corrected chi connectivity index (χ2v) is 5.11. The second-order valence-electron chi connectivity index (χ2n) is 4.08. The quantitative estimate of drug-likeness (QED) is 0.867. The lowest BCUT2D eigenvalue weighted by atomic mass is 10.3. The molecule has 3 rings (SSSR count). The summed E-state index contributed by atoms with van der Waals surface area (Å²) in [6, 6.07) is 8.13. The van der Waals surface area contributed by atoms with Crippen molar-refractivity contribution in [2.75, 3.05) is 25.2 Å². The van der Waals surface area contributed by atoms with Crippen molar-refractivity contribution in [2.24, 2.45) is 4.99 Å². The maximum atomic E-state index is 4.52. The summed E-state index contributed by atoms with van der Waals surface area (Å²) in [4.78, 5) is 11.2. The number of hydrogen-bond donors (Lipinski definition) is 2. The SMILES string of the molecule is CCN1CN=C(Nc2nc3ccccc3s2)NC1. The smallest absolute Gasteiger partial charge is 0.199 e. The van der Waals surface area contributed by atoms with Crippen LogP contribution in [0.3, 0.4) is 0 Å². The van der Waals surface area contributed by atoms with Crippen molar-refractivity contribution in [1.82, 2.24) is 15.2 Å². The maximum Gasteiger partial charge on any atom is 0.199 e. The monoisotopic (exact) mass is 261 g/mol. The van der Waals surface area contributed by atoms with E-state index in [0.717, 1.165) is 36.5 Å². The molecular formula is C12H15N5S. The number of nitrogens with one attached hydrogen (secondary N) is 2. The van der Waals surface area contributed by atoms with Crippen LogP contribution >= 0.6 is 11.3 Å². The van der Waals surface area contributed by atoms with Gasteiger partial charge in [0.1, 0.15) is 0 Å². The van der Waals surface area contributed by atoms with E-state index in [4.69, 9.17) is 0 Å². The van der Waals surface area contributed by atoms with E-state index in [2.05, 4.69) is 38.5 Å². The van der Waals surface area contributed by atoms with Gasteiger partial charge in [-0.1, -0.05) is 30.4 Å². The zero-order valence-electron chi connectivity index (χ0n) is 10.2. The number of thiazole rings is 1. The number of fused-ring (bicyclic) bond motifs is 1. The predicted octanol–water partition coefficient (Wildman–Crippen LogP) is 1.90. The van der Waals surface area contributed by atoms with Gasteiger partial charge in [0.25, 0.3) is 0 Å². The lowest BCUT2D eigenvalue weighted by molar-refractivity contribution is 0.279. The summed E-state index contributed by atoms with van der Waals surface area (Å²) in [6.07, 6.45) is 0. The molecule has 2 aromatic rings. The minimum absolute atomic E-state index is 0.733. The fourth-order valence-corrected chi connectivity index (χ4v) is 2.65. The summed E-state index contributed by atoms with van der Waals surface area (Å²) >= 11 is 1.64. The van der Waals surface area contributed by atoms with Crippen molar-refractivity contribution < 1.29 is 0 Å². The Balaban J connectivity index is 1.75. The average Bonchev–Trinajstić information content (AvgIpc) is 2.82. The van der Waals surface area contributed by atoms with Crippen LogP contribution in [0.2, 0.25) is 0 Å². The van der Waals surface area contributed by atoms with Gasteiger partial charge in [0.2, 0.25) is 0 Å². The standard InChI is InChI=1S/C12H15N5S/c1-2-17-7-13-11(14-8-17)16-12-15-9-5-3-4-6-10(9)18-12/h3-6H,2,7-8H2,1H3,(H2,13,14,15,16). The van der Waals surface area contributed by atoms with E-state index >= 15 is 0 Å². The van der Waals surface area contributed by atoms with Crippen LogP contribution in [0.1, 0.15) is 6.92 Å². The molecule has 0 radical (unpaired) electrons. The van der Waals surface area contributed by atoms with Crippen molar-refractivity contribution in [3.8, 4) is 0 Å². The van der Waals surface area contributed by atoms with Crippen molar-refractivity contribution in [3.05, 3.63) is 24.3 Å². The molecule has 1 aromatic carbocycles. The van der Waals surface area contributed by atoms with Gasteiger partial charge in [-0.05, 0) is 18.7 Å². The Labute approximate surface area is 110 Å². The van der Waals surface area contributed by atoms with Crippen molar-refractivity contribution in [2.45, 2.75) is 6.92 Å². The number of benzene rings is 1. The van der Waals surface area contributed by atoms with Gasteiger partial charge in [0, 0.05) is 0 Å². The first kappa shape index (κ1) is 11.4. The number of hydrogen-bond acceptors (Lipinski definition) is 6. The Bertz CT molecular complexity index is 544. The summed E-state index contributed by atoms with van der Waals surface area (Å²) in [5, 5.41) is 7.36. The lowest BCUT2D eigenvalue weighted by Gasteiger charge is -2.25. The molecule has 94 valence electrons. The molecule has 1 aromatic heterocycles. The third-order valence-corrected chi connectivity index (χ3v) is 3.82. The zero-order chi connectivity index (χ0) is 12.4. The van der Waals surface area contributed by atoms with Gasteiger partial charge in [-0.3, -0.25) is 4.90 Å². The van der Waals surface area contributed by atoms with Crippen molar-refractivity contribution >= 4 is 32.6 Å². The molecule has 0 saturated heterocycles. The number of rotatable bonds is 2. The number of nitrogens with zero attached hydrogens (tertiary/aromatic N) is 3. The molecule has 6 heteroatoms. The van der Waals surface area contributed by atoms with Crippen LogP contribution in [0.15, 0.2) is 29.3 Å². The highest BCUT2D eigenvalue weighted by Gasteiger charge is 2.11. The lowest BCUT2D eigenvalue weighted by Crippen LogP contribution is -2.45. The van der Waals surface area contributed by atoms with E-state index < -0.39 is 0 Å². The molecule has 5 nitrogen and oxygen atoms in total. The molecule has 0 fully saturated rings. The molecule has 0 spiro atoms. The average molecular weight is 261 g/mol. The molecule has 1 aliphatic rings. The van der Waals surface area contributed by atoms with Crippen LogP contribution in [0.25, 0.3) is 10.2 Å². The first-order chi connectivity index (χ1) is 8.85. The van der Waals surface area contributed by atoms with Gasteiger partial charge in [-0.25, -0.2) is 9.98 Å². The van der Waals surface area contributed by atoms with Crippen molar-refractivity contribution in [3.63, 3.8) is 0 Å². The summed E-state index contributed by atoms with van der Waals surface area (Å²) < 4.78 is 1.19. The van der Waals surface area contributed by atoms with Gasteiger partial charge in [-0.2, -0.15) is 0 Å². The van der Waals surface area contributed by atoms with Crippen molar-refractivity contribution in [1.29, 1.82) is 0 Å².